The van der Waals surface area contributed by atoms with E-state index in [4.69, 9.17) is 4.74 Å². The highest BCUT2D eigenvalue weighted by Crippen LogP contribution is 2.13. The Morgan fingerprint density at radius 3 is 2.00 bits per heavy atom. The van der Waals surface area contributed by atoms with Crippen molar-refractivity contribution in [3.8, 4) is 0 Å². The Morgan fingerprint density at radius 2 is 1.46 bits per heavy atom. The van der Waals surface area contributed by atoms with Crippen LogP contribution in [0.2, 0.25) is 0 Å². The van der Waals surface area contributed by atoms with Crippen LogP contribution in [-0.4, -0.2) is 30.3 Å². The molecule has 0 aliphatic carbocycles. The van der Waals surface area contributed by atoms with E-state index in [9.17, 15) is 14.4 Å². The van der Waals surface area contributed by atoms with Crippen molar-refractivity contribution in [2.75, 3.05) is 6.61 Å². The third-order valence-corrected chi connectivity index (χ3v) is 3.89. The number of carbonyl (C=O) groups is 3. The van der Waals surface area contributed by atoms with Gasteiger partial charge in [-0.15, -0.1) is 0 Å². The van der Waals surface area contributed by atoms with E-state index >= 15 is 0 Å². The van der Waals surface area contributed by atoms with Crippen LogP contribution in [0, 0.1) is 5.92 Å². The van der Waals surface area contributed by atoms with Crippen LogP contribution in [0.4, 0.5) is 0 Å². The first-order valence-electron chi connectivity index (χ1n) is 8.41. The van der Waals surface area contributed by atoms with Gasteiger partial charge in [-0.3, -0.25) is 19.8 Å². The molecule has 0 bridgehead atoms. The Morgan fingerprint density at radius 1 is 0.923 bits per heavy atom. The molecule has 6 nitrogen and oxygen atoms in total. The van der Waals surface area contributed by atoms with Gasteiger partial charge in [-0.1, -0.05) is 55.5 Å². The zero-order valence-corrected chi connectivity index (χ0v) is 14.8. The Labute approximate surface area is 152 Å². The number of ketones is 1. The molecule has 2 aromatic carbocycles. The van der Waals surface area contributed by atoms with Gasteiger partial charge in [0.1, 0.15) is 6.04 Å². The molecule has 2 aromatic rings. The highest BCUT2D eigenvalue weighted by Gasteiger charge is 2.32. The molecular formula is C20H22N2O4. The van der Waals surface area contributed by atoms with E-state index in [2.05, 4.69) is 10.9 Å². The molecule has 0 radical (unpaired) electrons. The van der Waals surface area contributed by atoms with Crippen LogP contribution in [0.15, 0.2) is 60.7 Å². The molecule has 0 spiro atoms. The molecule has 0 aliphatic rings. The number of hydrogen-bond donors (Lipinski definition) is 2. The normalized spacial score (nSPS) is 12.7. The van der Waals surface area contributed by atoms with Crippen LogP contribution in [-0.2, 0) is 9.53 Å². The average Bonchev–Trinajstić information content (AvgIpc) is 2.68. The molecule has 2 rings (SSSR count). The number of ether oxygens (including phenoxy) is 1. The minimum absolute atomic E-state index is 0.176. The summed E-state index contributed by atoms with van der Waals surface area (Å²) in [5.74, 6) is -1.95. The summed E-state index contributed by atoms with van der Waals surface area (Å²) in [5.41, 5.74) is 6.07. The largest absolute Gasteiger partial charge is 0.465 e. The molecule has 0 saturated heterocycles. The van der Waals surface area contributed by atoms with Crippen molar-refractivity contribution >= 4 is 17.7 Å². The van der Waals surface area contributed by atoms with Gasteiger partial charge in [0.05, 0.1) is 6.61 Å². The predicted molar refractivity (Wildman–Crippen MR) is 97.4 cm³/mol. The first kappa shape index (κ1) is 19.3. The van der Waals surface area contributed by atoms with E-state index in [1.165, 1.54) is 0 Å². The number of amides is 1. The number of nitrogens with one attached hydrogen (secondary N) is 2. The smallest absolute Gasteiger partial charge is 0.325 e. The lowest BCUT2D eigenvalue weighted by Gasteiger charge is -2.23. The van der Waals surface area contributed by atoms with E-state index in [0.717, 1.165) is 0 Å². The fourth-order valence-electron chi connectivity index (χ4n) is 2.44. The summed E-state index contributed by atoms with van der Waals surface area (Å²) in [6, 6.07) is 16.2. The van der Waals surface area contributed by atoms with E-state index in [1.54, 1.807) is 68.4 Å². The number of esters is 1. The minimum Gasteiger partial charge on any atom is -0.465 e. The third kappa shape index (κ3) is 5.00. The van der Waals surface area contributed by atoms with Crippen LogP contribution in [0.25, 0.3) is 0 Å². The summed E-state index contributed by atoms with van der Waals surface area (Å²) in [7, 11) is 0. The van der Waals surface area contributed by atoms with Crippen molar-refractivity contribution in [1.29, 1.82) is 0 Å². The maximum Gasteiger partial charge on any atom is 0.325 e. The van der Waals surface area contributed by atoms with Gasteiger partial charge in [-0.05, 0) is 19.1 Å². The molecule has 2 atom stereocenters. The summed E-state index contributed by atoms with van der Waals surface area (Å²) < 4.78 is 5.04. The molecule has 0 unspecified atom stereocenters. The van der Waals surface area contributed by atoms with Crippen LogP contribution < -0.4 is 10.9 Å². The fraction of sp³-hybridized carbons (Fsp3) is 0.250. The average molecular weight is 354 g/mol. The summed E-state index contributed by atoms with van der Waals surface area (Å²) in [6.45, 7) is 3.48. The molecule has 0 aromatic heterocycles. The van der Waals surface area contributed by atoms with Gasteiger partial charge >= 0.3 is 5.97 Å². The lowest BCUT2D eigenvalue weighted by molar-refractivity contribution is -0.146. The lowest BCUT2D eigenvalue weighted by Crippen LogP contribution is -2.53. The second kappa shape index (κ2) is 9.48. The minimum atomic E-state index is -1.00. The van der Waals surface area contributed by atoms with Gasteiger partial charge in [0.25, 0.3) is 5.91 Å². The van der Waals surface area contributed by atoms with E-state index in [-0.39, 0.29) is 12.4 Å². The summed E-state index contributed by atoms with van der Waals surface area (Å²) in [6.07, 6.45) is 0. The van der Waals surface area contributed by atoms with Crippen molar-refractivity contribution in [1.82, 2.24) is 10.9 Å². The third-order valence-electron chi connectivity index (χ3n) is 3.89. The maximum atomic E-state index is 12.6. The van der Waals surface area contributed by atoms with E-state index in [0.29, 0.717) is 11.1 Å². The zero-order valence-electron chi connectivity index (χ0n) is 14.8. The van der Waals surface area contributed by atoms with Crippen molar-refractivity contribution < 1.29 is 19.1 Å². The van der Waals surface area contributed by atoms with Gasteiger partial charge < -0.3 is 4.74 Å². The second-order valence-corrected chi connectivity index (χ2v) is 5.71. The molecule has 0 saturated carbocycles. The van der Waals surface area contributed by atoms with Crippen LogP contribution in [0.5, 0.6) is 0 Å². The van der Waals surface area contributed by atoms with Crippen molar-refractivity contribution in [3.63, 3.8) is 0 Å². The maximum absolute atomic E-state index is 12.6. The molecule has 2 N–H and O–H groups in total. The lowest BCUT2D eigenvalue weighted by atomic mass is 9.93. The van der Waals surface area contributed by atoms with Crippen LogP contribution >= 0.6 is 0 Å². The van der Waals surface area contributed by atoms with E-state index in [1.807, 2.05) is 6.07 Å². The van der Waals surface area contributed by atoms with Crippen molar-refractivity contribution in [3.05, 3.63) is 71.8 Å². The van der Waals surface area contributed by atoms with Gasteiger partial charge in [-0.2, -0.15) is 0 Å². The summed E-state index contributed by atoms with van der Waals surface area (Å²) >= 11 is 0. The molecule has 0 aliphatic heterocycles. The SMILES string of the molecule is CCOC(=O)[C@H](NNC(=O)c1ccccc1)[C@@H](C)C(=O)c1ccccc1. The van der Waals surface area contributed by atoms with Gasteiger partial charge in [-0.25, -0.2) is 5.43 Å². The fourth-order valence-corrected chi connectivity index (χ4v) is 2.44. The van der Waals surface area contributed by atoms with E-state index < -0.39 is 23.8 Å². The number of Topliss-reactive ketones (excluding diaryl/α,β-unsaturated/α-hetero) is 1. The Kier molecular flexibility index (Phi) is 7.05. The highest BCUT2D eigenvalue weighted by atomic mass is 16.5. The Bertz CT molecular complexity index is 747. The number of hydrazine groups is 1. The van der Waals surface area contributed by atoms with Crippen LogP contribution in [0.1, 0.15) is 34.6 Å². The Hall–Kier alpha value is -2.99. The molecule has 0 fully saturated rings. The molecule has 26 heavy (non-hydrogen) atoms. The van der Waals surface area contributed by atoms with Crippen molar-refractivity contribution in [2.24, 2.45) is 5.92 Å². The molecular weight excluding hydrogens is 332 g/mol. The summed E-state index contributed by atoms with van der Waals surface area (Å²) in [4.78, 5) is 37.1. The monoisotopic (exact) mass is 354 g/mol. The standard InChI is InChI=1S/C20H22N2O4/c1-3-26-20(25)17(14(2)18(23)15-10-6-4-7-11-15)21-22-19(24)16-12-8-5-9-13-16/h4-14,17,21H,3H2,1-2H3,(H,22,24)/t14-,17-/m1/s1. The quantitative estimate of drug-likeness (QED) is 0.432. The molecule has 1 amide bonds. The number of benzene rings is 2. The topological polar surface area (TPSA) is 84.5 Å². The highest BCUT2D eigenvalue weighted by molar-refractivity contribution is 6.01. The zero-order chi connectivity index (χ0) is 18.9. The molecule has 136 valence electrons. The first-order chi connectivity index (χ1) is 12.5. The first-order valence-corrected chi connectivity index (χ1v) is 8.41. The number of hydrogen-bond acceptors (Lipinski definition) is 5. The van der Waals surface area contributed by atoms with Gasteiger partial charge in [0, 0.05) is 17.0 Å². The predicted octanol–water partition coefficient (Wildman–Crippen LogP) is 2.37. The number of carbonyl (C=O) groups excluding carboxylic acids is 3. The summed E-state index contributed by atoms with van der Waals surface area (Å²) in [5, 5.41) is 0. The molecule has 6 heteroatoms. The molecule has 0 heterocycles. The van der Waals surface area contributed by atoms with Gasteiger partial charge in [0.2, 0.25) is 0 Å². The Balaban J connectivity index is 2.11. The number of rotatable bonds is 8. The van der Waals surface area contributed by atoms with Crippen LogP contribution in [0.3, 0.4) is 0 Å². The van der Waals surface area contributed by atoms with Gasteiger partial charge in [0.15, 0.2) is 5.78 Å². The van der Waals surface area contributed by atoms with Crippen molar-refractivity contribution in [2.45, 2.75) is 19.9 Å². The second-order valence-electron chi connectivity index (χ2n) is 5.71.